The van der Waals surface area contributed by atoms with Crippen LogP contribution in [0.15, 0.2) is 54.6 Å². The van der Waals surface area contributed by atoms with Crippen molar-refractivity contribution in [1.82, 2.24) is 4.90 Å². The van der Waals surface area contributed by atoms with E-state index in [0.717, 1.165) is 17.7 Å². The van der Waals surface area contributed by atoms with E-state index in [1.165, 1.54) is 5.56 Å². The van der Waals surface area contributed by atoms with E-state index in [-0.39, 0.29) is 24.0 Å². The van der Waals surface area contributed by atoms with Gasteiger partial charge >= 0.3 is 0 Å². The molecule has 0 amide bonds. The lowest BCUT2D eigenvalue weighted by atomic mass is 9.72. The number of aliphatic hydroxyl groups excluding tert-OH is 2. The summed E-state index contributed by atoms with van der Waals surface area (Å²) < 4.78 is 5.83. The fraction of sp³-hybridized carbons (Fsp3) is 0.538. The summed E-state index contributed by atoms with van der Waals surface area (Å²) in [7, 11) is 0. The first kappa shape index (κ1) is 24.4. The van der Waals surface area contributed by atoms with Crippen LogP contribution in [0, 0.1) is 5.41 Å². The van der Waals surface area contributed by atoms with Crippen LogP contribution >= 0.6 is 0 Å². The van der Waals surface area contributed by atoms with E-state index in [1.807, 2.05) is 35.2 Å². The van der Waals surface area contributed by atoms with Gasteiger partial charge in [-0.25, -0.2) is 0 Å². The van der Waals surface area contributed by atoms with Crippen molar-refractivity contribution < 1.29 is 14.9 Å². The van der Waals surface area contributed by atoms with Crippen LogP contribution < -0.4 is 4.74 Å². The van der Waals surface area contributed by atoms with Gasteiger partial charge in [0.05, 0.1) is 6.61 Å². The Morgan fingerprint density at radius 2 is 1.57 bits per heavy atom. The molecule has 2 aromatic carbocycles. The zero-order valence-corrected chi connectivity index (χ0v) is 19.3. The van der Waals surface area contributed by atoms with Crippen LogP contribution in [0.3, 0.4) is 0 Å². The van der Waals surface area contributed by atoms with E-state index in [4.69, 9.17) is 4.74 Å². The Morgan fingerprint density at radius 3 is 2.13 bits per heavy atom. The zero-order chi connectivity index (χ0) is 22.2. The summed E-state index contributed by atoms with van der Waals surface area (Å²) in [4.78, 5) is 2.04. The number of rotatable bonds is 11. The summed E-state index contributed by atoms with van der Waals surface area (Å²) in [5.41, 5.74) is 2.82. The van der Waals surface area contributed by atoms with Gasteiger partial charge in [-0.1, -0.05) is 77.1 Å². The second-order valence-electron chi connectivity index (χ2n) is 10.1. The molecule has 166 valence electrons. The summed E-state index contributed by atoms with van der Waals surface area (Å²) in [6.07, 6.45) is 0.471. The van der Waals surface area contributed by atoms with Crippen LogP contribution in [-0.4, -0.2) is 47.5 Å². The molecule has 1 atom stereocenters. The van der Waals surface area contributed by atoms with Crippen LogP contribution in [0.1, 0.15) is 52.2 Å². The van der Waals surface area contributed by atoms with Gasteiger partial charge in [0.15, 0.2) is 0 Å². The molecule has 0 fully saturated rings. The van der Waals surface area contributed by atoms with Crippen molar-refractivity contribution in [3.8, 4) is 5.75 Å². The highest BCUT2D eigenvalue weighted by molar-refractivity contribution is 5.31. The van der Waals surface area contributed by atoms with Gasteiger partial charge < -0.3 is 14.9 Å². The molecular weight excluding hydrogens is 374 g/mol. The van der Waals surface area contributed by atoms with Crippen LogP contribution in [0.25, 0.3) is 0 Å². The van der Waals surface area contributed by atoms with Gasteiger partial charge in [0, 0.05) is 19.6 Å². The minimum absolute atomic E-state index is 0.0617. The Morgan fingerprint density at radius 1 is 0.933 bits per heavy atom. The van der Waals surface area contributed by atoms with Crippen molar-refractivity contribution in [2.24, 2.45) is 5.41 Å². The van der Waals surface area contributed by atoms with E-state index in [2.05, 4.69) is 58.9 Å². The third kappa shape index (κ3) is 8.47. The predicted octanol–water partition coefficient (Wildman–Crippen LogP) is 4.63. The number of aliphatic hydroxyl groups is 2. The Bertz CT molecular complexity index is 735. The Hall–Kier alpha value is -1.88. The van der Waals surface area contributed by atoms with Crippen LogP contribution in [-0.2, 0) is 12.0 Å². The molecule has 0 aliphatic heterocycles. The lowest BCUT2D eigenvalue weighted by Crippen LogP contribution is -2.37. The Balaban J connectivity index is 1.88. The Kier molecular flexibility index (Phi) is 8.90. The van der Waals surface area contributed by atoms with Gasteiger partial charge in [-0.05, 0) is 40.5 Å². The number of hydrogen-bond acceptors (Lipinski definition) is 4. The van der Waals surface area contributed by atoms with Crippen molar-refractivity contribution in [2.45, 2.75) is 59.1 Å². The third-order valence-corrected chi connectivity index (χ3v) is 5.18. The minimum atomic E-state index is -0.628. The average molecular weight is 414 g/mol. The second kappa shape index (κ2) is 10.9. The Labute approximate surface area is 182 Å². The average Bonchev–Trinajstić information content (AvgIpc) is 2.66. The largest absolute Gasteiger partial charge is 0.491 e. The molecule has 0 aliphatic carbocycles. The fourth-order valence-corrected chi connectivity index (χ4v) is 4.19. The first-order chi connectivity index (χ1) is 14.1. The van der Waals surface area contributed by atoms with Gasteiger partial charge in [-0.2, -0.15) is 0 Å². The lowest BCUT2D eigenvalue weighted by Gasteiger charge is -2.33. The maximum absolute atomic E-state index is 10.4. The molecule has 0 radical (unpaired) electrons. The molecule has 4 nitrogen and oxygen atoms in total. The molecule has 2 aromatic rings. The smallest absolute Gasteiger partial charge is 0.119 e. The molecule has 30 heavy (non-hydrogen) atoms. The summed E-state index contributed by atoms with van der Waals surface area (Å²) >= 11 is 0. The highest BCUT2D eigenvalue weighted by Crippen LogP contribution is 2.36. The van der Waals surface area contributed by atoms with Crippen molar-refractivity contribution >= 4 is 0 Å². The standard InChI is InChI=1S/C26H39NO3/c1-25(2,3)20-26(4,5)22-11-13-24(14-12-22)30-19-23(29)18-27(15-16-28)17-21-9-7-6-8-10-21/h6-14,23,28-29H,15-20H2,1-5H3/t23-/m0/s1. The predicted molar refractivity (Wildman–Crippen MR) is 124 cm³/mol. The zero-order valence-electron chi connectivity index (χ0n) is 19.3. The SMILES string of the molecule is CC(C)(C)CC(C)(C)c1ccc(OC[C@@H](O)CN(CCO)Cc2ccccc2)cc1. The fourth-order valence-electron chi connectivity index (χ4n) is 4.19. The molecule has 0 heterocycles. The van der Waals surface area contributed by atoms with Crippen LogP contribution in [0.2, 0.25) is 0 Å². The number of nitrogens with zero attached hydrogens (tertiary/aromatic N) is 1. The normalized spacial score (nSPS) is 13.5. The molecule has 4 heteroatoms. The van der Waals surface area contributed by atoms with E-state index >= 15 is 0 Å². The van der Waals surface area contributed by atoms with Crippen molar-refractivity contribution in [2.75, 3.05) is 26.3 Å². The van der Waals surface area contributed by atoms with E-state index in [9.17, 15) is 10.2 Å². The lowest BCUT2D eigenvalue weighted by molar-refractivity contribution is 0.0590. The van der Waals surface area contributed by atoms with E-state index in [1.54, 1.807) is 0 Å². The molecule has 2 N–H and O–H groups in total. The maximum atomic E-state index is 10.4. The van der Waals surface area contributed by atoms with E-state index in [0.29, 0.717) is 19.6 Å². The molecule has 0 bridgehead atoms. The molecule has 0 unspecified atom stereocenters. The summed E-state index contributed by atoms with van der Waals surface area (Å²) in [5.74, 6) is 0.765. The minimum Gasteiger partial charge on any atom is -0.491 e. The molecule has 2 rings (SSSR count). The first-order valence-electron chi connectivity index (χ1n) is 10.9. The van der Waals surface area contributed by atoms with Crippen molar-refractivity contribution in [3.63, 3.8) is 0 Å². The summed E-state index contributed by atoms with van der Waals surface area (Å²) in [6, 6.07) is 18.3. The topological polar surface area (TPSA) is 52.9 Å². The molecule has 0 saturated carbocycles. The van der Waals surface area contributed by atoms with Gasteiger partial charge in [-0.3, -0.25) is 4.90 Å². The van der Waals surface area contributed by atoms with Gasteiger partial charge in [0.25, 0.3) is 0 Å². The molecule has 0 aliphatic rings. The molecule has 0 spiro atoms. The van der Waals surface area contributed by atoms with E-state index < -0.39 is 6.10 Å². The number of hydrogen-bond donors (Lipinski definition) is 2. The van der Waals surface area contributed by atoms with Crippen LogP contribution in [0.5, 0.6) is 5.75 Å². The van der Waals surface area contributed by atoms with Gasteiger partial charge in [0.2, 0.25) is 0 Å². The number of benzene rings is 2. The summed E-state index contributed by atoms with van der Waals surface area (Å²) in [6.45, 7) is 13.3. The van der Waals surface area contributed by atoms with Crippen molar-refractivity contribution in [3.05, 3.63) is 65.7 Å². The maximum Gasteiger partial charge on any atom is 0.119 e. The molecule has 0 aromatic heterocycles. The monoisotopic (exact) mass is 413 g/mol. The van der Waals surface area contributed by atoms with Crippen LogP contribution in [0.4, 0.5) is 0 Å². The highest BCUT2D eigenvalue weighted by atomic mass is 16.5. The van der Waals surface area contributed by atoms with Crippen molar-refractivity contribution in [1.29, 1.82) is 0 Å². The van der Waals surface area contributed by atoms with Gasteiger partial charge in [0.1, 0.15) is 18.5 Å². The molecular formula is C26H39NO3. The summed E-state index contributed by atoms with van der Waals surface area (Å²) in [5, 5.41) is 19.8. The second-order valence-corrected chi connectivity index (χ2v) is 10.1. The van der Waals surface area contributed by atoms with Gasteiger partial charge in [-0.15, -0.1) is 0 Å². The number of ether oxygens (including phenoxy) is 1. The third-order valence-electron chi connectivity index (χ3n) is 5.18. The highest BCUT2D eigenvalue weighted by Gasteiger charge is 2.27. The quantitative estimate of drug-likeness (QED) is 0.564. The first-order valence-corrected chi connectivity index (χ1v) is 10.9. The molecule has 0 saturated heterocycles.